The van der Waals surface area contributed by atoms with E-state index in [1.165, 1.54) is 24.8 Å². The van der Waals surface area contributed by atoms with E-state index in [0.717, 1.165) is 31.9 Å². The lowest BCUT2D eigenvalue weighted by molar-refractivity contribution is 0.305. The molecule has 0 amide bonds. The molecule has 2 nitrogen and oxygen atoms in total. The summed E-state index contributed by atoms with van der Waals surface area (Å²) >= 11 is 0. The Morgan fingerprint density at radius 3 is 2.42 bits per heavy atom. The first-order valence-electron chi connectivity index (χ1n) is 7.71. The van der Waals surface area contributed by atoms with Gasteiger partial charge in [0.15, 0.2) is 0 Å². The third-order valence-electron chi connectivity index (χ3n) is 3.58. The van der Waals surface area contributed by atoms with Gasteiger partial charge in [0.25, 0.3) is 0 Å². The maximum Gasteiger partial charge on any atom is 0.119 e. The Morgan fingerprint density at radius 1 is 1.05 bits per heavy atom. The minimum Gasteiger partial charge on any atom is -0.494 e. The third-order valence-corrected chi connectivity index (χ3v) is 3.58. The fourth-order valence-electron chi connectivity index (χ4n) is 2.02. The second kappa shape index (κ2) is 9.85. The highest BCUT2D eigenvalue weighted by molar-refractivity contribution is 5.29. The number of unbranched alkanes of at least 4 members (excludes halogenated alkanes) is 2. The predicted molar refractivity (Wildman–Crippen MR) is 83.0 cm³/mol. The van der Waals surface area contributed by atoms with E-state index in [0.29, 0.717) is 5.92 Å². The van der Waals surface area contributed by atoms with E-state index in [1.807, 2.05) is 0 Å². The van der Waals surface area contributed by atoms with E-state index in [-0.39, 0.29) is 0 Å². The summed E-state index contributed by atoms with van der Waals surface area (Å²) in [6, 6.07) is 8.57. The van der Waals surface area contributed by atoms with Crippen molar-refractivity contribution in [3.63, 3.8) is 0 Å². The molecule has 0 radical (unpaired) electrons. The Hall–Kier alpha value is -1.02. The van der Waals surface area contributed by atoms with Crippen molar-refractivity contribution in [2.45, 2.75) is 52.4 Å². The van der Waals surface area contributed by atoms with Crippen LogP contribution in [0.1, 0.15) is 57.9 Å². The number of hydrogen-bond acceptors (Lipinski definition) is 2. The van der Waals surface area contributed by atoms with Crippen LogP contribution in [0, 0.1) is 0 Å². The molecule has 0 aliphatic rings. The highest BCUT2D eigenvalue weighted by Gasteiger charge is 2.02. The fraction of sp³-hybridized carbons (Fsp3) is 0.647. The second-order valence-corrected chi connectivity index (χ2v) is 5.14. The molecule has 0 aliphatic carbocycles. The largest absolute Gasteiger partial charge is 0.494 e. The van der Waals surface area contributed by atoms with Crippen LogP contribution in [0.4, 0.5) is 0 Å². The van der Waals surface area contributed by atoms with Crippen LogP contribution in [-0.2, 0) is 0 Å². The molecule has 2 heteroatoms. The van der Waals surface area contributed by atoms with Gasteiger partial charge in [-0.2, -0.15) is 0 Å². The maximum atomic E-state index is 5.76. The number of nitrogens with one attached hydrogen (secondary N) is 1. The van der Waals surface area contributed by atoms with Crippen molar-refractivity contribution in [1.29, 1.82) is 0 Å². The van der Waals surface area contributed by atoms with Gasteiger partial charge < -0.3 is 10.1 Å². The van der Waals surface area contributed by atoms with Crippen LogP contribution in [-0.4, -0.2) is 19.7 Å². The maximum absolute atomic E-state index is 5.76. The average Bonchev–Trinajstić information content (AvgIpc) is 2.46. The summed E-state index contributed by atoms with van der Waals surface area (Å²) < 4.78 is 5.76. The minimum atomic E-state index is 0.639. The molecule has 1 rings (SSSR count). The van der Waals surface area contributed by atoms with Crippen LogP contribution in [0.25, 0.3) is 0 Å². The topological polar surface area (TPSA) is 21.3 Å². The molecule has 1 aromatic rings. The highest BCUT2D eigenvalue weighted by Crippen LogP contribution is 2.21. The van der Waals surface area contributed by atoms with E-state index >= 15 is 0 Å². The average molecular weight is 263 g/mol. The number of rotatable bonds is 10. The molecule has 0 heterocycles. The van der Waals surface area contributed by atoms with E-state index in [9.17, 15) is 0 Å². The lowest BCUT2D eigenvalue weighted by atomic mass is 9.99. The van der Waals surface area contributed by atoms with Gasteiger partial charge in [-0.05, 0) is 62.4 Å². The summed E-state index contributed by atoms with van der Waals surface area (Å²) in [7, 11) is 0. The summed E-state index contributed by atoms with van der Waals surface area (Å²) in [5, 5.41) is 3.34. The summed E-state index contributed by atoms with van der Waals surface area (Å²) in [5.41, 5.74) is 1.40. The van der Waals surface area contributed by atoms with Crippen molar-refractivity contribution in [3.05, 3.63) is 29.8 Å². The van der Waals surface area contributed by atoms with Gasteiger partial charge in [0.1, 0.15) is 5.75 Å². The number of ether oxygens (including phenoxy) is 1. The third kappa shape index (κ3) is 6.63. The van der Waals surface area contributed by atoms with Gasteiger partial charge in [0.05, 0.1) is 6.61 Å². The Labute approximate surface area is 118 Å². The quantitative estimate of drug-likeness (QED) is 0.633. The van der Waals surface area contributed by atoms with Gasteiger partial charge >= 0.3 is 0 Å². The van der Waals surface area contributed by atoms with Crippen molar-refractivity contribution in [3.8, 4) is 5.75 Å². The summed E-state index contributed by atoms with van der Waals surface area (Å²) in [6.45, 7) is 9.66. The molecule has 0 bridgehead atoms. The molecule has 0 spiro atoms. The zero-order valence-electron chi connectivity index (χ0n) is 12.7. The SMILES string of the molecule is CCNCCCCCOc1ccc(C(C)CC)cc1. The zero-order chi connectivity index (χ0) is 13.9. The van der Waals surface area contributed by atoms with E-state index < -0.39 is 0 Å². The molecule has 0 fully saturated rings. The fourth-order valence-corrected chi connectivity index (χ4v) is 2.02. The molecule has 0 saturated heterocycles. The smallest absolute Gasteiger partial charge is 0.119 e. The molecular weight excluding hydrogens is 234 g/mol. The van der Waals surface area contributed by atoms with Gasteiger partial charge in [-0.15, -0.1) is 0 Å². The molecule has 1 N–H and O–H groups in total. The van der Waals surface area contributed by atoms with Crippen molar-refractivity contribution in [2.24, 2.45) is 0 Å². The summed E-state index contributed by atoms with van der Waals surface area (Å²) in [4.78, 5) is 0. The number of benzene rings is 1. The second-order valence-electron chi connectivity index (χ2n) is 5.14. The molecule has 0 saturated carbocycles. The van der Waals surface area contributed by atoms with E-state index in [2.05, 4.69) is 50.4 Å². The van der Waals surface area contributed by atoms with Crippen molar-refractivity contribution >= 4 is 0 Å². The van der Waals surface area contributed by atoms with Crippen LogP contribution >= 0.6 is 0 Å². The molecule has 1 atom stereocenters. The first-order chi connectivity index (χ1) is 9.27. The van der Waals surface area contributed by atoms with Crippen molar-refractivity contribution in [2.75, 3.05) is 19.7 Å². The van der Waals surface area contributed by atoms with Gasteiger partial charge in [-0.25, -0.2) is 0 Å². The Kier molecular flexibility index (Phi) is 8.31. The Balaban J connectivity index is 2.16. The highest BCUT2D eigenvalue weighted by atomic mass is 16.5. The van der Waals surface area contributed by atoms with Crippen LogP contribution in [0.15, 0.2) is 24.3 Å². The molecule has 19 heavy (non-hydrogen) atoms. The van der Waals surface area contributed by atoms with Crippen molar-refractivity contribution in [1.82, 2.24) is 5.32 Å². The number of hydrogen-bond donors (Lipinski definition) is 1. The lowest BCUT2D eigenvalue weighted by Gasteiger charge is -2.10. The van der Waals surface area contributed by atoms with Gasteiger partial charge in [-0.1, -0.05) is 32.9 Å². The molecular formula is C17H29NO. The minimum absolute atomic E-state index is 0.639. The van der Waals surface area contributed by atoms with Crippen molar-refractivity contribution < 1.29 is 4.74 Å². The Morgan fingerprint density at radius 2 is 1.79 bits per heavy atom. The van der Waals surface area contributed by atoms with Crippen LogP contribution in [0.2, 0.25) is 0 Å². The molecule has 1 unspecified atom stereocenters. The van der Waals surface area contributed by atoms with Crippen LogP contribution in [0.3, 0.4) is 0 Å². The molecule has 0 aliphatic heterocycles. The summed E-state index contributed by atoms with van der Waals surface area (Å²) in [5.74, 6) is 1.64. The predicted octanol–water partition coefficient (Wildman–Crippen LogP) is 4.36. The summed E-state index contributed by atoms with van der Waals surface area (Å²) in [6.07, 6.45) is 4.80. The first kappa shape index (κ1) is 16.0. The van der Waals surface area contributed by atoms with E-state index in [4.69, 9.17) is 4.74 Å². The lowest BCUT2D eigenvalue weighted by Crippen LogP contribution is -2.14. The van der Waals surface area contributed by atoms with Gasteiger partial charge in [0, 0.05) is 0 Å². The van der Waals surface area contributed by atoms with Crippen LogP contribution in [0.5, 0.6) is 5.75 Å². The van der Waals surface area contributed by atoms with E-state index in [1.54, 1.807) is 0 Å². The zero-order valence-corrected chi connectivity index (χ0v) is 12.7. The monoisotopic (exact) mass is 263 g/mol. The molecule has 0 aromatic heterocycles. The van der Waals surface area contributed by atoms with Gasteiger partial charge in [-0.3, -0.25) is 0 Å². The first-order valence-corrected chi connectivity index (χ1v) is 7.71. The Bertz CT molecular complexity index is 321. The normalized spacial score (nSPS) is 12.4. The molecule has 108 valence electrons. The van der Waals surface area contributed by atoms with Gasteiger partial charge in [0.2, 0.25) is 0 Å². The molecule has 1 aromatic carbocycles. The standard InChI is InChI=1S/C17H29NO/c1-4-15(3)16-9-11-17(12-10-16)19-14-8-6-7-13-18-5-2/h9-12,15,18H,4-8,13-14H2,1-3H3. The van der Waals surface area contributed by atoms with Crippen LogP contribution < -0.4 is 10.1 Å².